The van der Waals surface area contributed by atoms with Gasteiger partial charge in [0, 0.05) is 43.5 Å². The van der Waals surface area contributed by atoms with Crippen LogP contribution in [0.15, 0.2) is 36.5 Å². The normalized spacial score (nSPS) is 16.9. The monoisotopic (exact) mass is 457 g/mol. The number of carbonyl (C=O) groups excluding carboxylic acids is 2. The quantitative estimate of drug-likeness (QED) is 0.700. The Kier molecular flexibility index (Phi) is 7.53. The smallest absolute Gasteiger partial charge is 0.410 e. The van der Waals surface area contributed by atoms with Gasteiger partial charge in [-0.2, -0.15) is 0 Å². The summed E-state index contributed by atoms with van der Waals surface area (Å²) in [5.41, 5.74) is 1.38. The van der Waals surface area contributed by atoms with Gasteiger partial charge in [-0.25, -0.2) is 14.0 Å². The molecule has 178 valence electrons. The third-order valence-electron chi connectivity index (χ3n) is 5.29. The lowest BCUT2D eigenvalue weighted by atomic mass is 10.1. The van der Waals surface area contributed by atoms with E-state index in [1.54, 1.807) is 35.4 Å². The Bertz CT molecular complexity index is 991. The number of halogens is 1. The number of amides is 3. The second-order valence-electron chi connectivity index (χ2n) is 9.29. The van der Waals surface area contributed by atoms with Crippen LogP contribution in [0.5, 0.6) is 0 Å². The van der Waals surface area contributed by atoms with E-state index in [-0.39, 0.29) is 17.8 Å². The van der Waals surface area contributed by atoms with Crippen LogP contribution >= 0.6 is 0 Å². The molecule has 3 rings (SSSR count). The van der Waals surface area contributed by atoms with Crippen molar-refractivity contribution < 1.29 is 18.7 Å². The lowest BCUT2D eigenvalue weighted by molar-refractivity contribution is 0.00446. The molecule has 2 heterocycles. The van der Waals surface area contributed by atoms with E-state index in [9.17, 15) is 9.59 Å². The van der Waals surface area contributed by atoms with Gasteiger partial charge in [-0.3, -0.25) is 9.88 Å². The van der Waals surface area contributed by atoms with Crippen molar-refractivity contribution in [3.05, 3.63) is 53.6 Å². The van der Waals surface area contributed by atoms with Crippen molar-refractivity contribution in [1.82, 2.24) is 14.8 Å². The van der Waals surface area contributed by atoms with Crippen molar-refractivity contribution in [1.29, 1.82) is 0 Å². The molecular weight excluding hydrogens is 425 g/mol. The molecule has 1 saturated heterocycles. The highest BCUT2D eigenvalue weighted by Crippen LogP contribution is 2.23. The predicted molar refractivity (Wildman–Crippen MR) is 126 cm³/mol. The van der Waals surface area contributed by atoms with Crippen molar-refractivity contribution in [2.45, 2.75) is 52.8 Å². The largest absolute Gasteiger partial charge is 0.444 e. The molecule has 0 spiro atoms. The minimum Gasteiger partial charge on any atom is -0.444 e. The molecular formula is C24H32FN5O3. The van der Waals surface area contributed by atoms with Gasteiger partial charge in [-0.1, -0.05) is 12.1 Å². The molecule has 1 atom stereocenters. The van der Waals surface area contributed by atoms with Crippen LogP contribution in [0.2, 0.25) is 0 Å². The van der Waals surface area contributed by atoms with Gasteiger partial charge in [0.1, 0.15) is 5.60 Å². The number of ether oxygens (including phenoxy) is 1. The number of pyridine rings is 1. The molecule has 0 aliphatic carbocycles. The van der Waals surface area contributed by atoms with Crippen LogP contribution in [0.4, 0.5) is 25.4 Å². The first kappa shape index (κ1) is 24.4. The standard InChI is InChI=1S/C24H32FN5O3/c1-16-9-10-19(13-26-16)27-22(31)28-20-8-6-7-18(21(20)25)15-29-11-12-30(14-17(29)2)23(32)33-24(3,4)5/h6-10,13,17H,11-12,14-15H2,1-5H3,(H2,27,28,31)/t17-/m0/s1. The molecule has 1 aliphatic heterocycles. The summed E-state index contributed by atoms with van der Waals surface area (Å²) in [5.74, 6) is -0.476. The van der Waals surface area contributed by atoms with E-state index in [0.29, 0.717) is 37.4 Å². The number of aromatic nitrogens is 1. The summed E-state index contributed by atoms with van der Waals surface area (Å²) >= 11 is 0. The average Bonchev–Trinajstić information content (AvgIpc) is 2.72. The Labute approximate surface area is 194 Å². The number of aryl methyl sites for hydroxylation is 1. The number of carbonyl (C=O) groups is 2. The van der Waals surface area contributed by atoms with Crippen LogP contribution in [-0.2, 0) is 11.3 Å². The molecule has 33 heavy (non-hydrogen) atoms. The van der Waals surface area contributed by atoms with Gasteiger partial charge in [0.05, 0.1) is 17.6 Å². The van der Waals surface area contributed by atoms with Gasteiger partial charge in [0.15, 0.2) is 5.82 Å². The number of hydrogen-bond acceptors (Lipinski definition) is 5. The van der Waals surface area contributed by atoms with Gasteiger partial charge in [0.2, 0.25) is 0 Å². The maximum absolute atomic E-state index is 15.1. The third kappa shape index (κ3) is 6.89. The van der Waals surface area contributed by atoms with Crippen molar-refractivity contribution >= 4 is 23.5 Å². The summed E-state index contributed by atoms with van der Waals surface area (Å²) in [5, 5.41) is 5.21. The molecule has 0 saturated carbocycles. The zero-order valence-electron chi connectivity index (χ0n) is 19.8. The summed E-state index contributed by atoms with van der Waals surface area (Å²) in [6, 6.07) is 7.93. The van der Waals surface area contributed by atoms with E-state index in [0.717, 1.165) is 5.69 Å². The number of nitrogens with zero attached hydrogens (tertiary/aromatic N) is 3. The van der Waals surface area contributed by atoms with Crippen molar-refractivity contribution in [3.63, 3.8) is 0 Å². The summed E-state index contributed by atoms with van der Waals surface area (Å²) in [6.45, 7) is 11.3. The molecule has 2 N–H and O–H groups in total. The first-order valence-electron chi connectivity index (χ1n) is 11.0. The molecule has 3 amide bonds. The Hall–Kier alpha value is -3.20. The number of nitrogens with one attached hydrogen (secondary N) is 2. The fourth-order valence-electron chi connectivity index (χ4n) is 3.57. The number of hydrogen-bond donors (Lipinski definition) is 2. The summed E-state index contributed by atoms with van der Waals surface area (Å²) in [4.78, 5) is 32.6. The minimum atomic E-state index is -0.545. The van der Waals surface area contributed by atoms with Crippen LogP contribution in [0.3, 0.4) is 0 Å². The molecule has 9 heteroatoms. The van der Waals surface area contributed by atoms with Crippen LogP contribution in [0.25, 0.3) is 0 Å². The van der Waals surface area contributed by atoms with Gasteiger partial charge in [-0.05, 0) is 52.8 Å². The molecule has 2 aromatic rings. The van der Waals surface area contributed by atoms with Crippen LogP contribution in [0.1, 0.15) is 39.0 Å². The van der Waals surface area contributed by atoms with Crippen molar-refractivity contribution in [2.24, 2.45) is 0 Å². The number of urea groups is 1. The fraction of sp³-hybridized carbons (Fsp3) is 0.458. The molecule has 0 unspecified atom stereocenters. The molecule has 1 aromatic carbocycles. The SMILES string of the molecule is Cc1ccc(NC(=O)Nc2cccc(CN3CCN(C(=O)OC(C)(C)C)C[C@@H]3C)c2F)cn1. The topological polar surface area (TPSA) is 86.8 Å². The highest BCUT2D eigenvalue weighted by Gasteiger charge is 2.30. The van der Waals surface area contributed by atoms with E-state index < -0.39 is 17.4 Å². The zero-order chi connectivity index (χ0) is 24.2. The second kappa shape index (κ2) is 10.2. The van der Waals surface area contributed by atoms with Gasteiger partial charge >= 0.3 is 12.1 Å². The average molecular weight is 458 g/mol. The molecule has 8 nitrogen and oxygen atoms in total. The predicted octanol–water partition coefficient (Wildman–Crippen LogP) is 4.61. The van der Waals surface area contributed by atoms with Crippen LogP contribution in [-0.4, -0.2) is 58.2 Å². The van der Waals surface area contributed by atoms with E-state index in [1.165, 1.54) is 6.07 Å². The Balaban J connectivity index is 1.60. The fourth-order valence-corrected chi connectivity index (χ4v) is 3.57. The highest BCUT2D eigenvalue weighted by molar-refractivity contribution is 5.99. The number of piperazine rings is 1. The first-order chi connectivity index (χ1) is 15.5. The maximum Gasteiger partial charge on any atom is 0.410 e. The highest BCUT2D eigenvalue weighted by atomic mass is 19.1. The van der Waals surface area contributed by atoms with E-state index >= 15 is 4.39 Å². The molecule has 1 aliphatic rings. The second-order valence-corrected chi connectivity index (χ2v) is 9.29. The molecule has 1 aromatic heterocycles. The number of anilines is 2. The summed E-state index contributed by atoms with van der Waals surface area (Å²) in [7, 11) is 0. The Morgan fingerprint density at radius 1 is 1.18 bits per heavy atom. The van der Waals surface area contributed by atoms with Crippen LogP contribution in [0, 0.1) is 12.7 Å². The molecule has 0 bridgehead atoms. The number of rotatable bonds is 4. The maximum atomic E-state index is 15.1. The summed E-state index contributed by atoms with van der Waals surface area (Å²) in [6.07, 6.45) is 1.21. The lowest BCUT2D eigenvalue weighted by Gasteiger charge is -2.40. The summed E-state index contributed by atoms with van der Waals surface area (Å²) < 4.78 is 20.6. The molecule has 0 radical (unpaired) electrons. The van der Waals surface area contributed by atoms with Crippen molar-refractivity contribution in [3.8, 4) is 0 Å². The van der Waals surface area contributed by atoms with Crippen molar-refractivity contribution in [2.75, 3.05) is 30.3 Å². The van der Waals surface area contributed by atoms with Gasteiger partial charge < -0.3 is 20.3 Å². The zero-order valence-corrected chi connectivity index (χ0v) is 19.8. The number of benzene rings is 1. The molecule has 1 fully saturated rings. The minimum absolute atomic E-state index is 0.0274. The first-order valence-corrected chi connectivity index (χ1v) is 11.0. The van der Waals surface area contributed by atoms with Gasteiger partial charge in [-0.15, -0.1) is 0 Å². The van der Waals surface area contributed by atoms with Crippen LogP contribution < -0.4 is 10.6 Å². The van der Waals surface area contributed by atoms with E-state index in [4.69, 9.17) is 4.74 Å². The van der Waals surface area contributed by atoms with Gasteiger partial charge in [0.25, 0.3) is 0 Å². The van der Waals surface area contributed by atoms with E-state index in [2.05, 4.69) is 20.5 Å². The lowest BCUT2D eigenvalue weighted by Crippen LogP contribution is -2.54. The third-order valence-corrected chi connectivity index (χ3v) is 5.29. The Morgan fingerprint density at radius 2 is 1.94 bits per heavy atom. The Morgan fingerprint density at radius 3 is 2.58 bits per heavy atom. The van der Waals surface area contributed by atoms with E-state index in [1.807, 2.05) is 34.6 Å².